The summed E-state index contributed by atoms with van der Waals surface area (Å²) < 4.78 is 2.11. The summed E-state index contributed by atoms with van der Waals surface area (Å²) in [6.45, 7) is 2.66. The average molecular weight is 443 g/mol. The van der Waals surface area contributed by atoms with Gasteiger partial charge in [-0.3, -0.25) is 0 Å². The van der Waals surface area contributed by atoms with Gasteiger partial charge in [-0.05, 0) is 0 Å². The molecule has 0 amide bonds. The van der Waals surface area contributed by atoms with E-state index >= 15 is 0 Å². The Bertz CT molecular complexity index is 590. The van der Waals surface area contributed by atoms with Crippen molar-refractivity contribution < 1.29 is 48.0 Å². The van der Waals surface area contributed by atoms with Gasteiger partial charge in [0.2, 0.25) is 0 Å². The van der Waals surface area contributed by atoms with Crippen molar-refractivity contribution in [3.05, 3.63) is 44.8 Å². The predicted octanol–water partition coefficient (Wildman–Crippen LogP) is -0.776. The van der Waals surface area contributed by atoms with Crippen molar-refractivity contribution in [2.24, 2.45) is 0 Å². The van der Waals surface area contributed by atoms with Crippen LogP contribution < -0.4 is 24.8 Å². The molecule has 0 N–H and O–H groups in total. The van der Waals surface area contributed by atoms with Crippen molar-refractivity contribution >= 4 is 8.80 Å². The molecule has 23 heavy (non-hydrogen) atoms. The number of halogens is 2. The molecule has 0 aromatic rings. The summed E-state index contributed by atoms with van der Waals surface area (Å²) in [4.78, 5) is 0. The van der Waals surface area contributed by atoms with Crippen LogP contribution in [0, 0.1) is 0 Å². The molecule has 0 spiro atoms. The quantitative estimate of drug-likeness (QED) is 0.432. The normalized spacial score (nSPS) is 33.7. The van der Waals surface area contributed by atoms with E-state index in [1.165, 1.54) is 51.4 Å². The molecule has 4 aliphatic carbocycles. The summed E-state index contributed by atoms with van der Waals surface area (Å²) in [6, 6.07) is 0. The number of fused-ring (bicyclic) bond motifs is 4. The Balaban J connectivity index is 0.000000781. The third kappa shape index (κ3) is 2.80. The van der Waals surface area contributed by atoms with Gasteiger partial charge < -0.3 is 24.8 Å². The zero-order valence-electron chi connectivity index (χ0n) is 13.8. The van der Waals surface area contributed by atoms with E-state index in [4.69, 9.17) is 0 Å². The maximum Gasteiger partial charge on any atom is -1.00 e. The van der Waals surface area contributed by atoms with Crippen molar-refractivity contribution in [3.63, 3.8) is 0 Å². The first-order chi connectivity index (χ1) is 10.3. The second kappa shape index (κ2) is 7.10. The van der Waals surface area contributed by atoms with E-state index in [0.717, 1.165) is 7.25 Å². The molecule has 0 radical (unpaired) electrons. The predicted molar refractivity (Wildman–Crippen MR) is 87.7 cm³/mol. The van der Waals surface area contributed by atoms with Gasteiger partial charge in [0.05, 0.1) is 0 Å². The van der Waals surface area contributed by atoms with Gasteiger partial charge in [0, 0.05) is 0 Å². The van der Waals surface area contributed by atoms with Gasteiger partial charge in [0.15, 0.2) is 0 Å². The molecule has 5 rings (SSSR count). The Labute approximate surface area is 166 Å². The number of hydrogen-bond donors (Lipinski definition) is 0. The molecular weight excluding hydrogens is 418 g/mol. The monoisotopic (exact) mass is 440 g/mol. The molecule has 1 saturated heterocycles. The van der Waals surface area contributed by atoms with Crippen molar-refractivity contribution in [2.45, 2.75) is 65.2 Å². The van der Waals surface area contributed by atoms with E-state index in [0.29, 0.717) is 0 Å². The second-order valence-corrected chi connectivity index (χ2v) is 14.0. The van der Waals surface area contributed by atoms with Crippen LogP contribution in [0.2, 0.25) is 13.8 Å². The largest absolute Gasteiger partial charge is 1.00 e. The number of allylic oxidation sites excluding steroid dienone is 8. The van der Waals surface area contributed by atoms with Crippen LogP contribution >= 0.6 is 0 Å². The molecule has 0 bridgehead atoms. The van der Waals surface area contributed by atoms with E-state index in [1.807, 2.05) is 32.7 Å². The molecule has 0 nitrogen and oxygen atoms in total. The zero-order valence-corrected chi connectivity index (χ0v) is 18.9. The molecular formula is C19H24Cl2SiZr. The summed E-state index contributed by atoms with van der Waals surface area (Å²) in [6.07, 6.45) is 17.1. The van der Waals surface area contributed by atoms with Crippen molar-refractivity contribution in [2.75, 3.05) is 0 Å². The summed E-state index contributed by atoms with van der Waals surface area (Å²) in [5.74, 6) is 0. The van der Waals surface area contributed by atoms with Crippen LogP contribution in [0.5, 0.6) is 0 Å². The maximum atomic E-state index is 2.73. The minimum atomic E-state index is -0.788. The zero-order chi connectivity index (χ0) is 14.0. The number of hydrogen-bond acceptors (Lipinski definition) is 0. The fourth-order valence-electron chi connectivity index (χ4n) is 5.37. The van der Waals surface area contributed by atoms with E-state index in [-0.39, 0.29) is 48.0 Å². The Morgan fingerprint density at radius 3 is 1.70 bits per heavy atom. The summed E-state index contributed by atoms with van der Waals surface area (Å²) in [7, 11) is -0.788. The van der Waals surface area contributed by atoms with Gasteiger partial charge in [0.1, 0.15) is 0 Å². The Morgan fingerprint density at radius 2 is 1.22 bits per heavy atom. The molecule has 5 aliphatic rings. The molecule has 0 aromatic carbocycles. The van der Waals surface area contributed by atoms with Crippen molar-refractivity contribution in [1.82, 2.24) is 0 Å². The van der Waals surface area contributed by atoms with Gasteiger partial charge in [-0.15, -0.1) is 0 Å². The summed E-state index contributed by atoms with van der Waals surface area (Å²) in [5, 5.41) is 3.99. The molecule has 0 aromatic heterocycles. The van der Waals surface area contributed by atoms with Crippen LogP contribution in [0.15, 0.2) is 44.8 Å². The van der Waals surface area contributed by atoms with Crippen LogP contribution in [-0.4, -0.2) is 8.80 Å². The first kappa shape index (κ1) is 18.4. The Kier molecular flexibility index (Phi) is 5.69. The molecule has 0 saturated carbocycles. The van der Waals surface area contributed by atoms with Crippen molar-refractivity contribution in [1.29, 1.82) is 0 Å². The van der Waals surface area contributed by atoms with E-state index in [2.05, 4.69) is 18.7 Å². The fraction of sp³-hybridized carbons (Fsp3) is 0.579. The van der Waals surface area contributed by atoms with Gasteiger partial charge >= 0.3 is 142 Å². The minimum Gasteiger partial charge on any atom is -1.00 e. The maximum absolute atomic E-state index is 2.73. The third-order valence-corrected chi connectivity index (χ3v) is 16.1. The fourth-order valence-corrected chi connectivity index (χ4v) is 17.7. The van der Waals surface area contributed by atoms with E-state index in [9.17, 15) is 0 Å². The van der Waals surface area contributed by atoms with Crippen LogP contribution in [0.25, 0.3) is 0 Å². The van der Waals surface area contributed by atoms with E-state index < -0.39 is 8.80 Å². The second-order valence-electron chi connectivity index (χ2n) is 7.56. The summed E-state index contributed by atoms with van der Waals surface area (Å²) in [5.41, 5.74) is 7.57. The van der Waals surface area contributed by atoms with Gasteiger partial charge in [-0.25, -0.2) is 0 Å². The number of rotatable bonds is 0. The SMILES string of the molecule is C[SiH]1C2=CC3=C(CCCC3)[CH]2[Zr+2][CH]2C1=CC1=C2CCCC1.[Cl-].[Cl-]. The van der Waals surface area contributed by atoms with Crippen LogP contribution in [0.1, 0.15) is 51.4 Å². The molecule has 2 unspecified atom stereocenters. The van der Waals surface area contributed by atoms with Gasteiger partial charge in [-0.2, -0.15) is 0 Å². The van der Waals surface area contributed by atoms with Crippen molar-refractivity contribution in [3.8, 4) is 0 Å². The van der Waals surface area contributed by atoms with Gasteiger partial charge in [-0.1, -0.05) is 0 Å². The standard InChI is InChI=1S/C19H24Si.2ClH.Zr/c1-20(18-10-14-6-2-3-7-15(14)11-18)19-12-16-8-4-5-9-17(16)13-19;;;/h10-13,20H,2-9H2,1H3;2*1H;/q;;;+2/p-2. The van der Waals surface area contributed by atoms with E-state index in [1.54, 1.807) is 0 Å². The van der Waals surface area contributed by atoms with Gasteiger partial charge in [0.25, 0.3) is 0 Å². The molecule has 2 atom stereocenters. The third-order valence-electron chi connectivity index (χ3n) is 6.49. The van der Waals surface area contributed by atoms with Crippen LogP contribution in [0.3, 0.4) is 0 Å². The first-order valence-corrected chi connectivity index (χ1v) is 14.1. The Morgan fingerprint density at radius 1 is 0.783 bits per heavy atom. The smallest absolute Gasteiger partial charge is 1.00 e. The molecule has 1 heterocycles. The van der Waals surface area contributed by atoms with Crippen LogP contribution in [-0.2, 0) is 23.2 Å². The molecule has 1 aliphatic heterocycles. The molecule has 1 fully saturated rings. The average Bonchev–Trinajstić information content (AvgIpc) is 3.07. The molecule has 4 heteroatoms. The summed E-state index contributed by atoms with van der Waals surface area (Å²) >= 11 is -0.342. The van der Waals surface area contributed by atoms with Crippen LogP contribution in [0.4, 0.5) is 0 Å². The Hall–Kier alpha value is 0.640. The topological polar surface area (TPSA) is 0 Å². The minimum absolute atomic E-state index is 0. The first-order valence-electron chi connectivity index (χ1n) is 8.96. The molecule has 122 valence electrons.